The van der Waals surface area contributed by atoms with Crippen molar-refractivity contribution in [1.29, 1.82) is 0 Å². The average Bonchev–Trinajstić information content (AvgIpc) is 0.722. The first-order chi connectivity index (χ1) is 2.00. The van der Waals surface area contributed by atoms with Gasteiger partial charge in [0.1, 0.15) is 0 Å². The van der Waals surface area contributed by atoms with Gasteiger partial charge in [-0.2, -0.15) is 0 Å². The average molecular weight is 430 g/mol. The van der Waals surface area contributed by atoms with Gasteiger partial charge < -0.3 is 0 Å². The third-order valence-corrected chi connectivity index (χ3v) is 0. The van der Waals surface area contributed by atoms with Crippen LogP contribution in [0.2, 0.25) is 0 Å². The number of hydrogen-bond acceptors (Lipinski definition) is 0. The fourth-order valence-corrected chi connectivity index (χ4v) is 0. The molecule has 0 fully saturated rings. The second-order valence-corrected chi connectivity index (χ2v) is 33.8. The summed E-state index contributed by atoms with van der Waals surface area (Å²) in [7, 11) is 20.2. The molecule has 0 rings (SSSR count). The van der Waals surface area contributed by atoms with Crippen LogP contribution in [0.5, 0.6) is 0 Å². The van der Waals surface area contributed by atoms with Gasteiger partial charge in [-0.05, 0) is 0 Å². The Balaban J connectivity index is 0. The summed E-state index contributed by atoms with van der Waals surface area (Å²) < 4.78 is 0. The molecule has 0 spiro atoms. The van der Waals surface area contributed by atoms with E-state index in [0.717, 1.165) is 0 Å². The molecule has 6 heteroatoms. The molecule has 0 atom stereocenters. The van der Waals surface area contributed by atoms with Gasteiger partial charge in [0.25, 0.3) is 0 Å². The molecule has 40 valence electrons. The van der Waals surface area contributed by atoms with Crippen molar-refractivity contribution in [3.8, 4) is 0 Å². The summed E-state index contributed by atoms with van der Waals surface area (Å²) in [6.45, 7) is 0. The Kier molecular flexibility index (Phi) is 8.42. The van der Waals surface area contributed by atoms with Crippen LogP contribution in [0.25, 0.3) is 0 Å². The minimum absolute atomic E-state index is 0. The summed E-state index contributed by atoms with van der Waals surface area (Å²) in [6.07, 6.45) is 0. The third-order valence-electron chi connectivity index (χ3n) is 0. The van der Waals surface area contributed by atoms with E-state index in [2.05, 4.69) is 0 Å². The minimum atomic E-state index is -3.39. The van der Waals surface area contributed by atoms with Gasteiger partial charge in [0.15, 0.2) is 0 Å². The van der Waals surface area contributed by atoms with Gasteiger partial charge in [0, 0.05) is 0 Å². The van der Waals surface area contributed by atoms with Crippen LogP contribution in [-0.4, -0.2) is 16.3 Å². The van der Waals surface area contributed by atoms with Gasteiger partial charge in [0.2, 0.25) is 0 Å². The van der Waals surface area contributed by atoms with Crippen LogP contribution in [-0.2, 0) is 0 Å². The Hall–Kier alpha value is 2.56. The zero-order valence-corrected chi connectivity index (χ0v) is 11.0. The molecule has 0 aromatic heterocycles. The standard InChI is InChI=1S/BrH.4ClH.Pb/h5*1H;/q;;;;;+4/p-4. The molecule has 0 saturated carbocycles. The molecule has 0 aromatic rings. The SMILES string of the molecule is Br.[Cl][Pb]([Cl])([Cl])[Cl]. The molecule has 0 N–H and O–H groups in total. The first kappa shape index (κ1) is 11.4. The molecule has 6 heavy (non-hydrogen) atoms. The second kappa shape index (κ2) is 4.44. The Morgan fingerprint density at radius 2 is 0.833 bits per heavy atom. The molecule has 0 aliphatic rings. The molecule has 0 aliphatic carbocycles. The normalized spacial score (nSPS) is 10.0. The van der Waals surface area contributed by atoms with E-state index in [1.807, 2.05) is 0 Å². The molecule has 0 saturated heterocycles. The van der Waals surface area contributed by atoms with E-state index in [0.29, 0.717) is 0 Å². The van der Waals surface area contributed by atoms with Crippen molar-refractivity contribution < 1.29 is 0 Å². The van der Waals surface area contributed by atoms with E-state index in [4.69, 9.17) is 33.3 Å². The van der Waals surface area contributed by atoms with Gasteiger partial charge >= 0.3 is 49.5 Å². The summed E-state index contributed by atoms with van der Waals surface area (Å²) >= 11 is -3.39. The van der Waals surface area contributed by atoms with Gasteiger partial charge in [0.05, 0.1) is 0 Å². The van der Waals surface area contributed by atoms with Gasteiger partial charge in [-0.1, -0.05) is 0 Å². The molecule has 0 amide bonds. The first-order valence-electron chi connectivity index (χ1n) is 0.756. The Morgan fingerprint density at radius 1 is 0.833 bits per heavy atom. The van der Waals surface area contributed by atoms with Crippen molar-refractivity contribution in [3.63, 3.8) is 0 Å². The summed E-state index contributed by atoms with van der Waals surface area (Å²) in [6, 6.07) is 0. The topological polar surface area (TPSA) is 0 Å². The van der Waals surface area contributed by atoms with Gasteiger partial charge in [-0.25, -0.2) is 0 Å². The number of halogens is 5. The summed E-state index contributed by atoms with van der Waals surface area (Å²) in [5, 5.41) is 0. The Labute approximate surface area is 65.4 Å². The monoisotopic (exact) mass is 428 g/mol. The van der Waals surface area contributed by atoms with Crippen LogP contribution in [0.4, 0.5) is 0 Å². The van der Waals surface area contributed by atoms with Crippen LogP contribution in [0.1, 0.15) is 0 Å². The molecule has 0 bridgehead atoms. The van der Waals surface area contributed by atoms with Crippen molar-refractivity contribution >= 4 is 66.5 Å². The molecule has 0 nitrogen and oxygen atoms in total. The van der Waals surface area contributed by atoms with Gasteiger partial charge in [-0.15, -0.1) is 17.0 Å². The summed E-state index contributed by atoms with van der Waals surface area (Å²) in [5.74, 6) is 0. The molecule has 0 heterocycles. The van der Waals surface area contributed by atoms with E-state index in [1.54, 1.807) is 0 Å². The Bertz CT molecular complexity index is 23.0. The quantitative estimate of drug-likeness (QED) is 0.519. The fraction of sp³-hybridized carbons (Fsp3) is 0. The van der Waals surface area contributed by atoms with Crippen molar-refractivity contribution in [2.75, 3.05) is 0 Å². The molecular formula is HBrCl4Pb. The van der Waals surface area contributed by atoms with Crippen molar-refractivity contribution in [1.82, 2.24) is 0 Å². The predicted molar refractivity (Wildman–Crippen MR) is 39.5 cm³/mol. The van der Waals surface area contributed by atoms with Crippen LogP contribution >= 0.6 is 50.2 Å². The second-order valence-electron chi connectivity index (χ2n) is 0.429. The van der Waals surface area contributed by atoms with E-state index in [-0.39, 0.29) is 17.0 Å². The fourth-order valence-electron chi connectivity index (χ4n) is 0. The van der Waals surface area contributed by atoms with Crippen LogP contribution < -0.4 is 0 Å². The Morgan fingerprint density at radius 3 is 0.833 bits per heavy atom. The molecule has 0 radical (unpaired) electrons. The van der Waals surface area contributed by atoms with Crippen LogP contribution in [0, 0.1) is 0 Å². The first-order valence-corrected chi connectivity index (χ1v) is 19.9. The molecule has 0 aliphatic heterocycles. The molecule has 0 unspecified atom stereocenters. The molecular weight excluding hydrogens is 429 g/mol. The predicted octanol–water partition coefficient (Wildman–Crippen LogP) is 2.96. The van der Waals surface area contributed by atoms with Crippen molar-refractivity contribution in [3.05, 3.63) is 0 Å². The maximum atomic E-state index is 5.05. The zero-order chi connectivity index (χ0) is 4.50. The third kappa shape index (κ3) is 30.9. The summed E-state index contributed by atoms with van der Waals surface area (Å²) in [5.41, 5.74) is 0. The maximum absolute atomic E-state index is 5.05. The number of hydrogen-bond donors (Lipinski definition) is 0. The van der Waals surface area contributed by atoms with Crippen LogP contribution in [0.15, 0.2) is 0 Å². The zero-order valence-electron chi connectivity index (χ0n) is 2.42. The molecule has 0 aromatic carbocycles. The van der Waals surface area contributed by atoms with Crippen LogP contribution in [0.3, 0.4) is 0 Å². The van der Waals surface area contributed by atoms with E-state index in [9.17, 15) is 0 Å². The van der Waals surface area contributed by atoms with Crippen molar-refractivity contribution in [2.45, 2.75) is 0 Å². The van der Waals surface area contributed by atoms with E-state index >= 15 is 0 Å². The summed E-state index contributed by atoms with van der Waals surface area (Å²) in [4.78, 5) is 0. The van der Waals surface area contributed by atoms with Gasteiger partial charge in [-0.3, -0.25) is 0 Å². The van der Waals surface area contributed by atoms with E-state index < -0.39 is 16.3 Å². The number of rotatable bonds is 0. The van der Waals surface area contributed by atoms with Crippen molar-refractivity contribution in [2.24, 2.45) is 0 Å². The van der Waals surface area contributed by atoms with E-state index in [1.165, 1.54) is 0 Å².